The molecular formula is C27H27F3N6O. The van der Waals surface area contributed by atoms with Gasteiger partial charge in [0.15, 0.2) is 0 Å². The normalized spacial score (nSPS) is 14.6. The predicted molar refractivity (Wildman–Crippen MR) is 136 cm³/mol. The monoisotopic (exact) mass is 508 g/mol. The molecule has 3 aromatic rings. The first-order valence-corrected chi connectivity index (χ1v) is 11.9. The van der Waals surface area contributed by atoms with Gasteiger partial charge in [-0.05, 0) is 48.5 Å². The summed E-state index contributed by atoms with van der Waals surface area (Å²) in [7, 11) is 0. The fraction of sp³-hybridized carbons (Fsp3) is 0.296. The van der Waals surface area contributed by atoms with Crippen LogP contribution in [0.4, 0.5) is 24.8 Å². The standard InChI is InChI=1S/C27H27F3N6O/c1-2-35-11-13-36(14-12-35)18-22-7-6-21(16-23(22)27(28,29)30)26(37)34-25-15-19(9-10-32-25)3-4-20-5-8-24(31)33-17-20/h5-10,15-17H,2,11-14,18H2,1H3,(H2,31,33)(H,32,34,37). The van der Waals surface area contributed by atoms with E-state index in [-0.39, 0.29) is 23.5 Å². The van der Waals surface area contributed by atoms with Gasteiger partial charge in [-0.15, -0.1) is 0 Å². The number of carbonyl (C=O) groups excluding carboxylic acids is 1. The number of piperazine rings is 1. The molecule has 0 saturated carbocycles. The number of alkyl halides is 3. The van der Waals surface area contributed by atoms with Crippen molar-refractivity contribution in [2.24, 2.45) is 0 Å². The maximum atomic E-state index is 13.9. The van der Waals surface area contributed by atoms with Crippen LogP contribution in [0.2, 0.25) is 0 Å². The summed E-state index contributed by atoms with van der Waals surface area (Å²) in [5.74, 6) is 5.74. The molecule has 4 rings (SSSR count). The topological polar surface area (TPSA) is 87.4 Å². The fourth-order valence-corrected chi connectivity index (χ4v) is 4.01. The number of hydrogen-bond acceptors (Lipinski definition) is 6. The van der Waals surface area contributed by atoms with E-state index in [2.05, 4.69) is 38.9 Å². The summed E-state index contributed by atoms with van der Waals surface area (Å²) in [5, 5.41) is 2.57. The highest BCUT2D eigenvalue weighted by Crippen LogP contribution is 2.33. The molecule has 1 aliphatic heterocycles. The van der Waals surface area contributed by atoms with Crippen LogP contribution in [-0.2, 0) is 12.7 Å². The molecule has 37 heavy (non-hydrogen) atoms. The number of rotatable bonds is 5. The van der Waals surface area contributed by atoms with Gasteiger partial charge in [0.2, 0.25) is 0 Å². The lowest BCUT2D eigenvalue weighted by Gasteiger charge is -2.34. The quantitative estimate of drug-likeness (QED) is 0.509. The van der Waals surface area contributed by atoms with E-state index in [1.165, 1.54) is 18.3 Å². The average Bonchev–Trinajstić information content (AvgIpc) is 2.88. The lowest BCUT2D eigenvalue weighted by molar-refractivity contribution is -0.138. The summed E-state index contributed by atoms with van der Waals surface area (Å²) in [6, 6.07) is 10.3. The molecule has 1 aromatic carbocycles. The molecule has 0 bridgehead atoms. The van der Waals surface area contributed by atoms with Crippen molar-refractivity contribution in [3.05, 3.63) is 82.7 Å². The van der Waals surface area contributed by atoms with Gasteiger partial charge in [0.25, 0.3) is 5.91 Å². The number of amides is 1. The highest BCUT2D eigenvalue weighted by molar-refractivity contribution is 6.04. The highest BCUT2D eigenvalue weighted by Gasteiger charge is 2.34. The zero-order valence-electron chi connectivity index (χ0n) is 20.3. The van der Waals surface area contributed by atoms with Gasteiger partial charge in [-0.3, -0.25) is 9.69 Å². The first-order chi connectivity index (χ1) is 17.7. The first-order valence-electron chi connectivity index (χ1n) is 11.9. The second-order valence-electron chi connectivity index (χ2n) is 8.69. The van der Waals surface area contributed by atoms with Crippen LogP contribution in [-0.4, -0.2) is 58.4 Å². The molecule has 0 spiro atoms. The molecular weight excluding hydrogens is 481 g/mol. The maximum absolute atomic E-state index is 13.9. The number of aromatic nitrogens is 2. The van der Waals surface area contributed by atoms with Gasteiger partial charge in [0.1, 0.15) is 11.6 Å². The third-order valence-electron chi connectivity index (χ3n) is 6.12. The second kappa shape index (κ2) is 11.4. The van der Waals surface area contributed by atoms with Crippen LogP contribution in [0.5, 0.6) is 0 Å². The SMILES string of the molecule is CCN1CCN(Cc2ccc(C(=O)Nc3cc(C#Cc4ccc(N)nc4)ccn3)cc2C(F)(F)F)CC1. The molecule has 10 heteroatoms. The Morgan fingerprint density at radius 1 is 1.00 bits per heavy atom. The van der Waals surface area contributed by atoms with E-state index in [1.54, 1.807) is 30.5 Å². The minimum atomic E-state index is -4.58. The van der Waals surface area contributed by atoms with Crippen LogP contribution in [0.25, 0.3) is 0 Å². The predicted octanol–water partition coefficient (Wildman–Crippen LogP) is 3.87. The van der Waals surface area contributed by atoms with Gasteiger partial charge < -0.3 is 16.0 Å². The maximum Gasteiger partial charge on any atom is 0.416 e. The Morgan fingerprint density at radius 2 is 1.73 bits per heavy atom. The van der Waals surface area contributed by atoms with Crippen molar-refractivity contribution in [2.45, 2.75) is 19.6 Å². The molecule has 192 valence electrons. The molecule has 3 N–H and O–H groups in total. The van der Waals surface area contributed by atoms with E-state index in [0.717, 1.165) is 25.7 Å². The van der Waals surface area contributed by atoms with Crippen LogP contribution in [0.1, 0.15) is 39.5 Å². The lowest BCUT2D eigenvalue weighted by Crippen LogP contribution is -2.45. The number of nitrogen functional groups attached to an aromatic ring is 1. The average molecular weight is 509 g/mol. The Labute approximate surface area is 213 Å². The van der Waals surface area contributed by atoms with Crippen molar-refractivity contribution in [1.29, 1.82) is 0 Å². The smallest absolute Gasteiger partial charge is 0.384 e. The number of anilines is 2. The van der Waals surface area contributed by atoms with Gasteiger partial charge >= 0.3 is 6.18 Å². The second-order valence-corrected chi connectivity index (χ2v) is 8.69. The molecule has 1 fully saturated rings. The number of likely N-dealkylation sites (N-methyl/N-ethyl adjacent to an activating group) is 1. The number of carbonyl (C=O) groups is 1. The Morgan fingerprint density at radius 3 is 2.41 bits per heavy atom. The van der Waals surface area contributed by atoms with E-state index in [1.807, 2.05) is 4.90 Å². The summed E-state index contributed by atoms with van der Waals surface area (Å²) < 4.78 is 41.7. The summed E-state index contributed by atoms with van der Waals surface area (Å²) in [5.41, 5.74) is 6.04. The highest BCUT2D eigenvalue weighted by atomic mass is 19.4. The van der Waals surface area contributed by atoms with E-state index in [0.29, 0.717) is 30.0 Å². The van der Waals surface area contributed by atoms with E-state index in [4.69, 9.17) is 5.73 Å². The van der Waals surface area contributed by atoms with Crippen molar-refractivity contribution < 1.29 is 18.0 Å². The molecule has 2 aromatic heterocycles. The summed E-state index contributed by atoms with van der Waals surface area (Å²) in [6.07, 6.45) is -1.58. The van der Waals surface area contributed by atoms with Crippen molar-refractivity contribution in [3.8, 4) is 11.8 Å². The third-order valence-corrected chi connectivity index (χ3v) is 6.12. The van der Waals surface area contributed by atoms with Crippen molar-refractivity contribution >= 4 is 17.5 Å². The third kappa shape index (κ3) is 7.06. The zero-order valence-corrected chi connectivity index (χ0v) is 20.3. The first kappa shape index (κ1) is 26.1. The fourth-order valence-electron chi connectivity index (χ4n) is 4.01. The minimum absolute atomic E-state index is 0.0990. The van der Waals surface area contributed by atoms with Crippen LogP contribution < -0.4 is 11.1 Å². The van der Waals surface area contributed by atoms with E-state index in [9.17, 15) is 18.0 Å². The van der Waals surface area contributed by atoms with Gasteiger partial charge in [-0.1, -0.05) is 24.8 Å². The lowest BCUT2D eigenvalue weighted by atomic mass is 10.0. The van der Waals surface area contributed by atoms with Crippen LogP contribution in [0.15, 0.2) is 54.9 Å². The minimum Gasteiger partial charge on any atom is -0.384 e. The number of nitrogens with one attached hydrogen (secondary N) is 1. The number of nitrogens with zero attached hydrogens (tertiary/aromatic N) is 4. The van der Waals surface area contributed by atoms with Gasteiger partial charge in [0, 0.05) is 61.8 Å². The molecule has 7 nitrogen and oxygen atoms in total. The van der Waals surface area contributed by atoms with Crippen LogP contribution >= 0.6 is 0 Å². The van der Waals surface area contributed by atoms with Gasteiger partial charge in [-0.25, -0.2) is 9.97 Å². The summed E-state index contributed by atoms with van der Waals surface area (Å²) >= 11 is 0. The molecule has 0 atom stereocenters. The van der Waals surface area contributed by atoms with E-state index < -0.39 is 17.6 Å². The van der Waals surface area contributed by atoms with Crippen LogP contribution in [0.3, 0.4) is 0 Å². The van der Waals surface area contributed by atoms with Crippen molar-refractivity contribution in [1.82, 2.24) is 19.8 Å². The molecule has 1 aliphatic rings. The summed E-state index contributed by atoms with van der Waals surface area (Å²) in [6.45, 7) is 6.23. The Bertz CT molecular complexity index is 1310. The number of halogens is 3. The van der Waals surface area contributed by atoms with Crippen molar-refractivity contribution in [2.75, 3.05) is 43.8 Å². The van der Waals surface area contributed by atoms with Crippen molar-refractivity contribution in [3.63, 3.8) is 0 Å². The Kier molecular flexibility index (Phi) is 8.06. The van der Waals surface area contributed by atoms with E-state index >= 15 is 0 Å². The molecule has 0 unspecified atom stereocenters. The molecule has 3 heterocycles. The zero-order chi connectivity index (χ0) is 26.4. The number of nitrogens with two attached hydrogens (primary N) is 1. The van der Waals surface area contributed by atoms with Crippen LogP contribution in [0, 0.1) is 11.8 Å². The Balaban J connectivity index is 1.48. The largest absolute Gasteiger partial charge is 0.416 e. The number of pyridine rings is 2. The molecule has 1 saturated heterocycles. The number of hydrogen-bond donors (Lipinski definition) is 2. The van der Waals surface area contributed by atoms with Gasteiger partial charge in [-0.2, -0.15) is 13.2 Å². The molecule has 1 amide bonds. The number of benzene rings is 1. The summed E-state index contributed by atoms with van der Waals surface area (Å²) in [4.78, 5) is 25.1. The Hall–Kier alpha value is -3.94. The molecule has 0 aliphatic carbocycles. The molecule has 0 radical (unpaired) electrons. The van der Waals surface area contributed by atoms with Gasteiger partial charge in [0.05, 0.1) is 5.56 Å².